The smallest absolute Gasteiger partial charge is 0.332 e. The van der Waals surface area contributed by atoms with Gasteiger partial charge in [0.25, 0.3) is 0 Å². The number of primary sulfonamides is 1. The van der Waals surface area contributed by atoms with Gasteiger partial charge in [0.05, 0.1) is 4.90 Å². The van der Waals surface area contributed by atoms with Crippen molar-refractivity contribution < 1.29 is 23.4 Å². The summed E-state index contributed by atoms with van der Waals surface area (Å²) in [5.74, 6) is -1.14. The number of sulfonamides is 1. The molecule has 4 N–H and O–H groups in total. The molecule has 0 aliphatic carbocycles. The lowest BCUT2D eigenvalue weighted by atomic mass is 9.91. The Morgan fingerprint density at radius 2 is 1.72 bits per heavy atom. The Morgan fingerprint density at radius 3 is 2.20 bits per heavy atom. The summed E-state index contributed by atoms with van der Waals surface area (Å²) in [7, 11) is -3.84. The SMILES string of the molecule is Cc1cccc(/C(=C(/CCO)C(=O)O)c2ccc(S(N)(=O)=O)cc2)c1. The summed E-state index contributed by atoms with van der Waals surface area (Å²) in [6.45, 7) is 1.57. The van der Waals surface area contributed by atoms with Crippen LogP contribution in [0, 0.1) is 6.92 Å². The highest BCUT2D eigenvalue weighted by atomic mass is 32.2. The summed E-state index contributed by atoms with van der Waals surface area (Å²) in [6, 6.07) is 13.0. The minimum Gasteiger partial charge on any atom is -0.478 e. The van der Waals surface area contributed by atoms with E-state index >= 15 is 0 Å². The molecule has 0 saturated heterocycles. The number of aryl methyl sites for hydroxylation is 1. The van der Waals surface area contributed by atoms with Crippen molar-refractivity contribution in [1.82, 2.24) is 0 Å². The van der Waals surface area contributed by atoms with E-state index in [-0.39, 0.29) is 23.5 Å². The van der Waals surface area contributed by atoms with Gasteiger partial charge in [-0.3, -0.25) is 0 Å². The van der Waals surface area contributed by atoms with E-state index in [0.717, 1.165) is 5.56 Å². The van der Waals surface area contributed by atoms with E-state index in [9.17, 15) is 23.4 Å². The van der Waals surface area contributed by atoms with Crippen LogP contribution in [0.5, 0.6) is 0 Å². The summed E-state index contributed by atoms with van der Waals surface area (Å²) in [5, 5.41) is 23.9. The Kier molecular flexibility index (Phi) is 5.73. The first-order chi connectivity index (χ1) is 11.7. The Morgan fingerprint density at radius 1 is 1.08 bits per heavy atom. The first kappa shape index (κ1) is 18.9. The maximum Gasteiger partial charge on any atom is 0.332 e. The number of carboxylic acids is 1. The Labute approximate surface area is 146 Å². The minimum atomic E-state index is -3.84. The molecule has 0 heterocycles. The Balaban J connectivity index is 2.71. The first-order valence-electron chi connectivity index (χ1n) is 7.51. The number of hydrogen-bond donors (Lipinski definition) is 3. The molecule has 0 aliphatic heterocycles. The van der Waals surface area contributed by atoms with Crippen molar-refractivity contribution in [2.75, 3.05) is 6.61 Å². The first-order valence-corrected chi connectivity index (χ1v) is 9.06. The van der Waals surface area contributed by atoms with Gasteiger partial charge in [-0.05, 0) is 35.8 Å². The molecule has 0 fully saturated rings. The van der Waals surface area contributed by atoms with Gasteiger partial charge in [-0.25, -0.2) is 18.4 Å². The number of hydrogen-bond acceptors (Lipinski definition) is 4. The Hall–Kier alpha value is -2.48. The van der Waals surface area contributed by atoms with Crippen molar-refractivity contribution in [1.29, 1.82) is 0 Å². The molecule has 132 valence electrons. The van der Waals surface area contributed by atoms with E-state index in [1.54, 1.807) is 6.07 Å². The van der Waals surface area contributed by atoms with Gasteiger partial charge in [-0.2, -0.15) is 0 Å². The van der Waals surface area contributed by atoms with Gasteiger partial charge in [0.2, 0.25) is 10.0 Å². The molecule has 2 aromatic carbocycles. The van der Waals surface area contributed by atoms with E-state index < -0.39 is 16.0 Å². The van der Waals surface area contributed by atoms with E-state index in [1.807, 2.05) is 25.1 Å². The van der Waals surface area contributed by atoms with Crippen LogP contribution < -0.4 is 5.14 Å². The molecule has 2 aromatic rings. The molecular formula is C18H19NO5S. The average Bonchev–Trinajstić information content (AvgIpc) is 2.54. The molecular weight excluding hydrogens is 342 g/mol. The molecule has 7 heteroatoms. The molecule has 0 saturated carbocycles. The van der Waals surface area contributed by atoms with E-state index in [4.69, 9.17) is 5.14 Å². The maximum absolute atomic E-state index is 11.7. The minimum absolute atomic E-state index is 0.0322. The van der Waals surface area contributed by atoms with Crippen LogP contribution in [0.25, 0.3) is 5.57 Å². The number of rotatable bonds is 6. The fraction of sp³-hybridized carbons (Fsp3) is 0.167. The van der Waals surface area contributed by atoms with Crippen LogP contribution in [0.1, 0.15) is 23.1 Å². The number of carbonyl (C=O) groups is 1. The van der Waals surface area contributed by atoms with Gasteiger partial charge in [0, 0.05) is 18.6 Å². The summed E-state index contributed by atoms with van der Waals surface area (Å²) in [6.07, 6.45) is -0.0322. The highest BCUT2D eigenvalue weighted by Crippen LogP contribution is 2.30. The largest absolute Gasteiger partial charge is 0.478 e. The second-order valence-corrected chi connectivity index (χ2v) is 7.13. The zero-order valence-electron chi connectivity index (χ0n) is 13.6. The van der Waals surface area contributed by atoms with Crippen LogP contribution in [0.4, 0.5) is 0 Å². The fourth-order valence-corrected chi connectivity index (χ4v) is 3.09. The number of nitrogens with two attached hydrogens (primary N) is 1. The van der Waals surface area contributed by atoms with Gasteiger partial charge in [-0.1, -0.05) is 42.0 Å². The monoisotopic (exact) mass is 361 g/mol. The molecule has 2 rings (SSSR count). The van der Waals surface area contributed by atoms with Gasteiger partial charge >= 0.3 is 5.97 Å². The average molecular weight is 361 g/mol. The fourth-order valence-electron chi connectivity index (χ4n) is 2.58. The highest BCUT2D eigenvalue weighted by molar-refractivity contribution is 7.89. The van der Waals surface area contributed by atoms with Crippen LogP contribution >= 0.6 is 0 Å². The number of aliphatic carboxylic acids is 1. The van der Waals surface area contributed by atoms with E-state index in [2.05, 4.69) is 0 Å². The predicted molar refractivity (Wildman–Crippen MR) is 94.4 cm³/mol. The summed E-state index contributed by atoms with van der Waals surface area (Å²) in [4.78, 5) is 11.6. The quantitative estimate of drug-likeness (QED) is 0.679. The second-order valence-electron chi connectivity index (χ2n) is 5.57. The highest BCUT2D eigenvalue weighted by Gasteiger charge is 2.18. The van der Waals surface area contributed by atoms with Crippen molar-refractivity contribution in [2.45, 2.75) is 18.2 Å². The molecule has 0 unspecified atom stereocenters. The standard InChI is InChI=1S/C18H19NO5S/c1-12-3-2-4-14(11-12)17(16(9-10-20)18(21)22)13-5-7-15(8-6-13)25(19,23)24/h2-8,11,20H,9-10H2,1H3,(H,21,22)(H2,19,23,24)/b17-16-. The molecule has 0 spiro atoms. The summed E-state index contributed by atoms with van der Waals surface area (Å²) >= 11 is 0. The maximum atomic E-state index is 11.7. The van der Waals surface area contributed by atoms with Crippen LogP contribution in [0.3, 0.4) is 0 Å². The van der Waals surface area contributed by atoms with Crippen LogP contribution in [0.2, 0.25) is 0 Å². The topological polar surface area (TPSA) is 118 Å². The molecule has 0 atom stereocenters. The third-order valence-electron chi connectivity index (χ3n) is 3.70. The number of benzene rings is 2. The molecule has 25 heavy (non-hydrogen) atoms. The number of carboxylic acid groups (broad SMARTS) is 1. The predicted octanol–water partition coefficient (Wildman–Crippen LogP) is 1.91. The molecule has 0 aliphatic rings. The lowest BCUT2D eigenvalue weighted by Crippen LogP contribution is -2.12. The third-order valence-corrected chi connectivity index (χ3v) is 4.63. The number of aliphatic hydroxyl groups is 1. The number of aliphatic hydroxyl groups excluding tert-OH is 1. The summed E-state index contributed by atoms with van der Waals surface area (Å²) < 4.78 is 22.8. The molecule has 0 aromatic heterocycles. The second kappa shape index (κ2) is 7.60. The van der Waals surface area contributed by atoms with Crippen molar-refractivity contribution in [2.24, 2.45) is 5.14 Å². The van der Waals surface area contributed by atoms with Crippen molar-refractivity contribution in [3.63, 3.8) is 0 Å². The van der Waals surface area contributed by atoms with Gasteiger partial charge in [-0.15, -0.1) is 0 Å². The van der Waals surface area contributed by atoms with Crippen molar-refractivity contribution in [3.8, 4) is 0 Å². The van der Waals surface area contributed by atoms with Gasteiger partial charge in [0.15, 0.2) is 0 Å². The molecule has 0 bridgehead atoms. The van der Waals surface area contributed by atoms with Crippen LogP contribution in [0.15, 0.2) is 59.0 Å². The zero-order chi connectivity index (χ0) is 18.6. The van der Waals surface area contributed by atoms with Gasteiger partial charge < -0.3 is 10.2 Å². The van der Waals surface area contributed by atoms with Crippen LogP contribution in [-0.2, 0) is 14.8 Å². The lowest BCUT2D eigenvalue weighted by Gasteiger charge is -2.14. The van der Waals surface area contributed by atoms with E-state index in [0.29, 0.717) is 16.7 Å². The lowest BCUT2D eigenvalue weighted by molar-refractivity contribution is -0.132. The van der Waals surface area contributed by atoms with Crippen molar-refractivity contribution >= 4 is 21.6 Å². The summed E-state index contributed by atoms with van der Waals surface area (Å²) in [5.41, 5.74) is 2.64. The molecule has 0 amide bonds. The Bertz CT molecular complexity index is 915. The van der Waals surface area contributed by atoms with E-state index in [1.165, 1.54) is 24.3 Å². The van der Waals surface area contributed by atoms with Gasteiger partial charge in [0.1, 0.15) is 0 Å². The molecule has 6 nitrogen and oxygen atoms in total. The van der Waals surface area contributed by atoms with Crippen LogP contribution in [-0.4, -0.2) is 31.2 Å². The normalized spacial score (nSPS) is 12.6. The zero-order valence-corrected chi connectivity index (χ0v) is 14.5. The van der Waals surface area contributed by atoms with Crippen molar-refractivity contribution in [3.05, 3.63) is 70.8 Å². The molecule has 0 radical (unpaired) electrons. The third kappa shape index (κ3) is 4.54.